The van der Waals surface area contributed by atoms with Crippen molar-refractivity contribution in [2.24, 2.45) is 0 Å². The monoisotopic (exact) mass is 337 g/mol. The van der Waals surface area contributed by atoms with Gasteiger partial charge in [-0.25, -0.2) is 0 Å². The average molecular weight is 337 g/mol. The molecule has 0 bridgehead atoms. The first-order valence-corrected chi connectivity index (χ1v) is 8.58. The van der Waals surface area contributed by atoms with Gasteiger partial charge in [-0.15, -0.1) is 0 Å². The van der Waals surface area contributed by atoms with Crippen LogP contribution in [0.15, 0.2) is 96.9 Å². The zero-order valence-electron chi connectivity index (χ0n) is 14.6. The summed E-state index contributed by atoms with van der Waals surface area (Å²) in [6, 6.07) is 30.6. The zero-order chi connectivity index (χ0) is 17.8. The van der Waals surface area contributed by atoms with E-state index in [0.29, 0.717) is 5.95 Å². The zero-order valence-corrected chi connectivity index (χ0v) is 14.6. The molecule has 1 heterocycles. The van der Waals surface area contributed by atoms with Crippen LogP contribution in [0.4, 0.5) is 0 Å². The van der Waals surface area contributed by atoms with E-state index >= 15 is 0 Å². The van der Waals surface area contributed by atoms with Crippen molar-refractivity contribution in [3.8, 4) is 0 Å². The van der Waals surface area contributed by atoms with Gasteiger partial charge in [0, 0.05) is 11.0 Å². The fraction of sp³-hybridized carbons (Fsp3) is 0.0435. The molecule has 0 saturated carbocycles. The second-order valence-corrected chi connectivity index (χ2v) is 5.99. The summed E-state index contributed by atoms with van der Waals surface area (Å²) in [6.07, 6.45) is 0. The van der Waals surface area contributed by atoms with E-state index in [4.69, 9.17) is 9.47 Å². The van der Waals surface area contributed by atoms with Crippen molar-refractivity contribution in [1.82, 2.24) is 0 Å². The van der Waals surface area contributed by atoms with Crippen molar-refractivity contribution in [1.29, 1.82) is 0 Å². The maximum Gasteiger partial charge on any atom is 0.278 e. The average Bonchev–Trinajstić information content (AvgIpc) is 2.74. The Bertz CT molecular complexity index is 945. The van der Waals surface area contributed by atoms with Crippen molar-refractivity contribution in [2.45, 2.75) is 0 Å². The molecule has 0 aromatic heterocycles. The molecule has 26 heavy (non-hydrogen) atoms. The fourth-order valence-corrected chi connectivity index (χ4v) is 3.08. The van der Waals surface area contributed by atoms with Gasteiger partial charge in [0.2, 0.25) is 7.28 Å². The number of benzene rings is 3. The van der Waals surface area contributed by atoms with Crippen LogP contribution >= 0.6 is 0 Å². The van der Waals surface area contributed by atoms with Crippen LogP contribution in [-0.4, -0.2) is 14.4 Å². The topological polar surface area (TPSA) is 18.5 Å². The van der Waals surface area contributed by atoms with Crippen LogP contribution in [0.1, 0.15) is 16.7 Å². The summed E-state index contributed by atoms with van der Waals surface area (Å²) in [6.45, 7) is 0. The third-order valence-corrected chi connectivity index (χ3v) is 4.34. The molecule has 0 amide bonds. The quantitative estimate of drug-likeness (QED) is 0.608. The molecular formula is C23H18BO2. The molecule has 0 saturated heterocycles. The van der Waals surface area contributed by atoms with Gasteiger partial charge in [0.15, 0.2) is 0 Å². The maximum absolute atomic E-state index is 6.26. The molecule has 1 aliphatic heterocycles. The van der Waals surface area contributed by atoms with Crippen molar-refractivity contribution in [3.05, 3.63) is 114 Å². The Labute approximate surface area is 154 Å². The van der Waals surface area contributed by atoms with Crippen LogP contribution in [0.3, 0.4) is 0 Å². The molecule has 0 fully saturated rings. The van der Waals surface area contributed by atoms with Crippen molar-refractivity contribution in [2.75, 3.05) is 7.11 Å². The van der Waals surface area contributed by atoms with Crippen LogP contribution in [0.5, 0.6) is 0 Å². The van der Waals surface area contributed by atoms with Gasteiger partial charge in [0.05, 0.1) is 7.11 Å². The van der Waals surface area contributed by atoms with Crippen LogP contribution < -0.4 is 0 Å². The first-order chi connectivity index (χ1) is 12.9. The van der Waals surface area contributed by atoms with E-state index in [2.05, 4.69) is 31.5 Å². The summed E-state index contributed by atoms with van der Waals surface area (Å²) in [5.74, 6) is 1.31. The summed E-state index contributed by atoms with van der Waals surface area (Å²) in [5, 5.41) is 0. The van der Waals surface area contributed by atoms with Crippen molar-refractivity contribution in [3.63, 3.8) is 0 Å². The molecule has 125 valence electrons. The Morgan fingerprint density at radius 3 is 1.58 bits per heavy atom. The summed E-state index contributed by atoms with van der Waals surface area (Å²) < 4.78 is 11.8. The molecule has 0 atom stereocenters. The number of hydrogen-bond donors (Lipinski definition) is 0. The Morgan fingerprint density at radius 2 is 1.08 bits per heavy atom. The molecule has 0 spiro atoms. The third kappa shape index (κ3) is 3.16. The van der Waals surface area contributed by atoms with E-state index in [0.717, 1.165) is 33.4 Å². The fourth-order valence-electron chi connectivity index (χ4n) is 3.08. The lowest BCUT2D eigenvalue weighted by Crippen LogP contribution is -2.15. The molecule has 3 aromatic rings. The standard InChI is InChI=1S/C23H18BO2/c1-25-23-21(18-13-7-3-8-14-18)24-20(17-11-5-2-6-12-17)22(26-23)19-15-9-4-10-16-19/h2-16H,1H3. The summed E-state index contributed by atoms with van der Waals surface area (Å²) in [7, 11) is 3.79. The highest BCUT2D eigenvalue weighted by molar-refractivity contribution is 6.80. The first kappa shape index (κ1) is 16.3. The van der Waals surface area contributed by atoms with Crippen molar-refractivity contribution >= 4 is 24.0 Å². The molecule has 0 N–H and O–H groups in total. The predicted octanol–water partition coefficient (Wildman–Crippen LogP) is 5.22. The van der Waals surface area contributed by atoms with E-state index in [1.54, 1.807) is 7.11 Å². The van der Waals surface area contributed by atoms with Gasteiger partial charge >= 0.3 is 0 Å². The molecule has 1 aliphatic rings. The number of rotatable bonds is 4. The normalized spacial score (nSPS) is 13.9. The highest BCUT2D eigenvalue weighted by Crippen LogP contribution is 2.37. The largest absolute Gasteiger partial charge is 0.469 e. The molecular weight excluding hydrogens is 319 g/mol. The van der Waals surface area contributed by atoms with Crippen LogP contribution in [0, 0.1) is 0 Å². The maximum atomic E-state index is 6.26. The van der Waals surface area contributed by atoms with Gasteiger partial charge < -0.3 is 9.47 Å². The molecule has 0 unspecified atom stereocenters. The summed E-state index contributed by atoms with van der Waals surface area (Å²) in [5.41, 5.74) is 5.16. The van der Waals surface area contributed by atoms with E-state index in [9.17, 15) is 0 Å². The van der Waals surface area contributed by atoms with Gasteiger partial charge in [0.1, 0.15) is 5.76 Å². The molecule has 3 heteroatoms. The number of hydrogen-bond acceptors (Lipinski definition) is 2. The Balaban J connectivity index is 1.86. The van der Waals surface area contributed by atoms with E-state index in [1.165, 1.54) is 0 Å². The van der Waals surface area contributed by atoms with E-state index in [-0.39, 0.29) is 0 Å². The molecule has 2 nitrogen and oxygen atoms in total. The lowest BCUT2D eigenvalue weighted by molar-refractivity contribution is 0.136. The van der Waals surface area contributed by atoms with Gasteiger partial charge in [-0.2, -0.15) is 0 Å². The lowest BCUT2D eigenvalue weighted by Gasteiger charge is -2.25. The van der Waals surface area contributed by atoms with Crippen molar-refractivity contribution < 1.29 is 9.47 Å². The minimum absolute atomic E-state index is 0.509. The smallest absolute Gasteiger partial charge is 0.278 e. The lowest BCUT2D eigenvalue weighted by atomic mass is 9.57. The Kier molecular flexibility index (Phi) is 4.61. The van der Waals surface area contributed by atoms with Gasteiger partial charge in [-0.3, -0.25) is 0 Å². The van der Waals surface area contributed by atoms with Crippen LogP contribution in [0.2, 0.25) is 0 Å². The molecule has 4 rings (SSSR count). The molecule has 3 aromatic carbocycles. The summed E-state index contributed by atoms with van der Waals surface area (Å²) >= 11 is 0. The van der Waals surface area contributed by atoms with Crippen LogP contribution in [-0.2, 0) is 9.47 Å². The summed E-state index contributed by atoms with van der Waals surface area (Å²) in [4.78, 5) is 0. The minimum atomic E-state index is 0.509. The van der Waals surface area contributed by atoms with Gasteiger partial charge in [-0.1, -0.05) is 91.0 Å². The molecule has 0 aliphatic carbocycles. The van der Waals surface area contributed by atoms with Crippen LogP contribution in [0.25, 0.3) is 16.7 Å². The Hall–Kier alpha value is -3.20. The second kappa shape index (κ2) is 7.36. The highest BCUT2D eigenvalue weighted by Gasteiger charge is 2.27. The van der Waals surface area contributed by atoms with E-state index in [1.807, 2.05) is 66.7 Å². The minimum Gasteiger partial charge on any atom is -0.469 e. The second-order valence-electron chi connectivity index (χ2n) is 5.99. The third-order valence-electron chi connectivity index (χ3n) is 4.34. The SMILES string of the molecule is COC1=C(c2ccccc2)[B]C(c2ccccc2)=C(c2ccccc2)O1. The Morgan fingerprint density at radius 1 is 0.615 bits per heavy atom. The first-order valence-electron chi connectivity index (χ1n) is 8.58. The molecule has 1 radical (unpaired) electrons. The van der Waals surface area contributed by atoms with Gasteiger partial charge in [-0.05, 0) is 16.6 Å². The van der Waals surface area contributed by atoms with Gasteiger partial charge in [0.25, 0.3) is 5.95 Å². The highest BCUT2D eigenvalue weighted by atomic mass is 16.7. The van der Waals surface area contributed by atoms with E-state index < -0.39 is 0 Å². The number of ether oxygens (including phenoxy) is 2. The number of methoxy groups -OCH3 is 1. The predicted molar refractivity (Wildman–Crippen MR) is 107 cm³/mol.